The molecule has 1 N–H and O–H groups in total. The summed E-state index contributed by atoms with van der Waals surface area (Å²) in [5.41, 5.74) is 3.15. The van der Waals surface area contributed by atoms with Crippen LogP contribution >= 0.6 is 16.1 Å². The van der Waals surface area contributed by atoms with Crippen LogP contribution in [-0.4, -0.2) is 60.4 Å². The molecule has 0 bridgehead atoms. The van der Waals surface area contributed by atoms with Crippen LogP contribution in [0.25, 0.3) is 0 Å². The number of ether oxygens (including phenoxy) is 1. The molecule has 2 fully saturated rings. The molecule has 0 radical (unpaired) electrons. The number of hydrogen-bond acceptors (Lipinski definition) is 5. The largest absolute Gasteiger partial charge is 0.479 e. The molecule has 39 heavy (non-hydrogen) atoms. The highest BCUT2D eigenvalue weighted by Gasteiger charge is 2.40. The normalized spacial score (nSPS) is 20.6. The Morgan fingerprint density at radius 3 is 2.41 bits per heavy atom. The van der Waals surface area contributed by atoms with Crippen molar-refractivity contribution in [2.75, 3.05) is 37.7 Å². The Balaban J connectivity index is 1.69. The van der Waals surface area contributed by atoms with Gasteiger partial charge in [-0.3, -0.25) is 4.79 Å². The molecule has 8 heteroatoms. The highest BCUT2D eigenvalue weighted by molar-refractivity contribution is 9.08. The number of carboxylic acid groups (broad SMARTS) is 1. The van der Waals surface area contributed by atoms with Gasteiger partial charge in [-0.2, -0.15) is 4.02 Å². The average Bonchev–Trinajstić information content (AvgIpc) is 3.55. The Morgan fingerprint density at radius 1 is 1.13 bits per heavy atom. The molecule has 2 heterocycles. The molecule has 0 spiro atoms. The first-order valence-electron chi connectivity index (χ1n) is 13.9. The Hall–Kier alpha value is -2.87. The van der Waals surface area contributed by atoms with E-state index >= 15 is 0 Å². The Labute approximate surface area is 240 Å². The number of ketones is 1. The summed E-state index contributed by atoms with van der Waals surface area (Å²) in [6.45, 7) is 10.7. The van der Waals surface area contributed by atoms with Gasteiger partial charge in [-0.15, -0.1) is 0 Å². The molecule has 0 aromatic heterocycles. The van der Waals surface area contributed by atoms with E-state index in [2.05, 4.69) is 81.9 Å². The van der Waals surface area contributed by atoms with Crippen molar-refractivity contribution in [1.29, 1.82) is 0 Å². The van der Waals surface area contributed by atoms with E-state index in [0.29, 0.717) is 17.2 Å². The fraction of sp³-hybridized carbons (Fsp3) is 0.516. The first-order chi connectivity index (χ1) is 18.6. The molecule has 2 aliphatic rings. The molecule has 2 aromatic rings. The number of benzene rings is 2. The smallest absolute Gasteiger partial charge is 0.341 e. The summed E-state index contributed by atoms with van der Waals surface area (Å²) in [6.07, 6.45) is 4.23. The van der Waals surface area contributed by atoms with E-state index in [-0.39, 0.29) is 23.7 Å². The topological polar surface area (TPSA) is 82.4 Å². The summed E-state index contributed by atoms with van der Waals surface area (Å²) in [4.78, 5) is 29.6. The van der Waals surface area contributed by atoms with Crippen molar-refractivity contribution in [2.24, 2.45) is 9.94 Å². The Kier molecular flexibility index (Phi) is 9.36. The molecule has 2 saturated heterocycles. The van der Waals surface area contributed by atoms with Crippen molar-refractivity contribution in [2.45, 2.75) is 64.7 Å². The van der Waals surface area contributed by atoms with Gasteiger partial charge in [-0.05, 0) is 48.3 Å². The fourth-order valence-electron chi connectivity index (χ4n) is 5.93. The summed E-state index contributed by atoms with van der Waals surface area (Å²) in [7, 11) is 0. The van der Waals surface area contributed by atoms with Gasteiger partial charge in [-0.25, -0.2) is 4.79 Å². The zero-order chi connectivity index (χ0) is 28.2. The molecular formula is C31H40BrN3O4. The van der Waals surface area contributed by atoms with Crippen LogP contribution in [0, 0.1) is 5.92 Å². The van der Waals surface area contributed by atoms with E-state index in [0.717, 1.165) is 62.4 Å². The van der Waals surface area contributed by atoms with E-state index in [4.69, 9.17) is 4.74 Å². The lowest BCUT2D eigenvalue weighted by Crippen LogP contribution is -2.33. The minimum Gasteiger partial charge on any atom is -0.479 e. The van der Waals surface area contributed by atoms with Crippen molar-refractivity contribution in [3.05, 3.63) is 59.2 Å². The van der Waals surface area contributed by atoms with Crippen LogP contribution in [0.4, 0.5) is 5.69 Å². The monoisotopic (exact) mass is 597 g/mol. The molecule has 4 rings (SSSR count). The second kappa shape index (κ2) is 12.5. The van der Waals surface area contributed by atoms with Crippen LogP contribution in [0.15, 0.2) is 46.5 Å². The number of amidine groups is 1. The summed E-state index contributed by atoms with van der Waals surface area (Å²) < 4.78 is 10.4. The molecule has 0 amide bonds. The van der Waals surface area contributed by atoms with E-state index < -0.39 is 12.6 Å². The molecule has 210 valence electrons. The first kappa shape index (κ1) is 29.1. The SMILES string of the molecule is CCC[C@H]1CN(CC(=O)c2cc(N3CCCC3)c(OCC(=O)O)c(C(C)(C)C)c2)/C(=N\Br)[C@@H]1c1ccccc1. The second-order valence-corrected chi connectivity index (χ2v) is 12.0. The number of hydrogen-bond donors (Lipinski definition) is 1. The predicted octanol–water partition coefficient (Wildman–Crippen LogP) is 6.45. The molecule has 0 unspecified atom stereocenters. The minimum absolute atomic E-state index is 0.0170. The number of anilines is 1. The summed E-state index contributed by atoms with van der Waals surface area (Å²) in [6, 6.07) is 14.2. The van der Waals surface area contributed by atoms with Crippen molar-refractivity contribution in [3.63, 3.8) is 0 Å². The summed E-state index contributed by atoms with van der Waals surface area (Å²) >= 11 is 3.38. The van der Waals surface area contributed by atoms with Gasteiger partial charge in [0.1, 0.15) is 11.6 Å². The number of carbonyl (C=O) groups excluding carboxylic acids is 1. The van der Waals surface area contributed by atoms with E-state index in [1.165, 1.54) is 5.56 Å². The van der Waals surface area contributed by atoms with Crippen LogP contribution < -0.4 is 9.64 Å². The quantitative estimate of drug-likeness (QED) is 0.317. The zero-order valence-corrected chi connectivity index (χ0v) is 25.0. The van der Waals surface area contributed by atoms with Crippen LogP contribution in [0.2, 0.25) is 0 Å². The second-order valence-electron chi connectivity index (χ2n) is 11.7. The third-order valence-electron chi connectivity index (χ3n) is 7.75. The van der Waals surface area contributed by atoms with E-state index in [1.54, 1.807) is 0 Å². The standard InChI is InChI=1S/C31H40BrN3O4/c1-5-11-22-18-35(30(33-32)28(22)21-12-7-6-8-13-21)19-26(36)23-16-24(31(2,3)4)29(39-20-27(37)38)25(17-23)34-14-9-10-15-34/h6-8,12-13,16-17,22,28H,5,9-11,14-15,18-20H2,1-4H3,(H,37,38)/b33-30-/t22-,28+/m0/s1. The Morgan fingerprint density at radius 2 is 1.82 bits per heavy atom. The number of likely N-dealkylation sites (tertiary alicyclic amines) is 1. The van der Waals surface area contributed by atoms with Gasteiger partial charge in [0.25, 0.3) is 0 Å². The van der Waals surface area contributed by atoms with E-state index in [9.17, 15) is 14.7 Å². The Bertz CT molecular complexity index is 1200. The lowest BCUT2D eigenvalue weighted by Gasteiger charge is -2.29. The fourth-order valence-corrected chi connectivity index (χ4v) is 6.37. The molecule has 7 nitrogen and oxygen atoms in total. The molecule has 2 atom stereocenters. The zero-order valence-electron chi connectivity index (χ0n) is 23.5. The van der Waals surface area contributed by atoms with Crippen LogP contribution in [0.3, 0.4) is 0 Å². The van der Waals surface area contributed by atoms with Gasteiger partial charge in [0.15, 0.2) is 12.4 Å². The van der Waals surface area contributed by atoms with Gasteiger partial charge in [0.2, 0.25) is 0 Å². The summed E-state index contributed by atoms with van der Waals surface area (Å²) in [5.74, 6) is 0.967. The highest BCUT2D eigenvalue weighted by Crippen LogP contribution is 2.42. The molecular weight excluding hydrogens is 558 g/mol. The van der Waals surface area contributed by atoms with Gasteiger partial charge in [-0.1, -0.05) is 64.4 Å². The molecule has 0 aliphatic carbocycles. The molecule has 2 aliphatic heterocycles. The molecule has 0 saturated carbocycles. The summed E-state index contributed by atoms with van der Waals surface area (Å²) in [5, 5.41) is 9.33. The number of halogens is 1. The van der Waals surface area contributed by atoms with Crippen LogP contribution in [0.5, 0.6) is 5.75 Å². The highest BCUT2D eigenvalue weighted by atomic mass is 79.9. The third-order valence-corrected chi connectivity index (χ3v) is 8.12. The van der Waals surface area contributed by atoms with Crippen molar-refractivity contribution < 1.29 is 19.4 Å². The predicted molar refractivity (Wildman–Crippen MR) is 160 cm³/mol. The van der Waals surface area contributed by atoms with Gasteiger partial charge in [0, 0.05) is 36.7 Å². The van der Waals surface area contributed by atoms with Crippen molar-refractivity contribution in [1.82, 2.24) is 4.90 Å². The number of aliphatic carboxylic acids is 1. The third kappa shape index (κ3) is 6.65. The maximum atomic E-state index is 13.9. The van der Waals surface area contributed by atoms with Gasteiger partial charge in [0.05, 0.1) is 28.4 Å². The first-order valence-corrected chi connectivity index (χ1v) is 14.6. The van der Waals surface area contributed by atoms with Crippen LogP contribution in [0.1, 0.15) is 80.8 Å². The minimum atomic E-state index is -1.02. The van der Waals surface area contributed by atoms with Gasteiger partial charge >= 0.3 is 5.97 Å². The maximum absolute atomic E-state index is 13.9. The van der Waals surface area contributed by atoms with Crippen molar-refractivity contribution >= 4 is 39.4 Å². The lowest BCUT2D eigenvalue weighted by atomic mass is 9.84. The van der Waals surface area contributed by atoms with Crippen molar-refractivity contribution in [3.8, 4) is 5.75 Å². The number of Topliss-reactive ketones (excluding diaryl/α,β-unsaturated/α-hetero) is 1. The van der Waals surface area contributed by atoms with Gasteiger partial charge < -0.3 is 19.6 Å². The van der Waals surface area contributed by atoms with E-state index in [1.807, 2.05) is 18.2 Å². The maximum Gasteiger partial charge on any atom is 0.341 e. The van der Waals surface area contributed by atoms with Crippen LogP contribution in [-0.2, 0) is 10.2 Å². The number of carbonyl (C=O) groups is 2. The average molecular weight is 599 g/mol. The number of carboxylic acids is 1. The number of nitrogens with zero attached hydrogens (tertiary/aromatic N) is 3. The molecule has 2 aromatic carbocycles. The number of rotatable bonds is 10. The lowest BCUT2D eigenvalue weighted by molar-refractivity contribution is -0.139.